The second kappa shape index (κ2) is 6.90. The molecule has 1 atom stereocenters. The predicted octanol–water partition coefficient (Wildman–Crippen LogP) is 3.53. The maximum atomic E-state index is 6.01. The van der Waals surface area contributed by atoms with Crippen molar-refractivity contribution in [3.8, 4) is 0 Å². The van der Waals surface area contributed by atoms with E-state index in [2.05, 4.69) is 33.1 Å². The molecule has 0 spiro atoms. The van der Waals surface area contributed by atoms with Gasteiger partial charge in [0.25, 0.3) is 0 Å². The second-order valence-electron chi connectivity index (χ2n) is 4.91. The average molecular weight is 332 g/mol. The van der Waals surface area contributed by atoms with Gasteiger partial charge in [0.05, 0.1) is 0 Å². The lowest BCUT2D eigenvalue weighted by Gasteiger charge is -2.14. The van der Waals surface area contributed by atoms with E-state index in [1.54, 1.807) is 0 Å². The summed E-state index contributed by atoms with van der Waals surface area (Å²) in [5, 5.41) is 4.34. The normalized spacial score (nSPS) is 20.5. The van der Waals surface area contributed by atoms with Crippen LogP contribution in [-0.2, 0) is 6.54 Å². The van der Waals surface area contributed by atoms with E-state index in [-0.39, 0.29) is 0 Å². The maximum absolute atomic E-state index is 6.01. The van der Waals surface area contributed by atoms with Gasteiger partial charge in [-0.15, -0.1) is 0 Å². The fourth-order valence-electron chi connectivity index (χ4n) is 2.46. The van der Waals surface area contributed by atoms with Gasteiger partial charge in [0.1, 0.15) is 0 Å². The number of likely N-dealkylation sites (tertiary alicyclic amines) is 1. The Morgan fingerprint density at radius 3 is 3.06 bits per heavy atom. The lowest BCUT2D eigenvalue weighted by atomic mass is 10.1. The van der Waals surface area contributed by atoms with Crippen LogP contribution in [0, 0.1) is 5.92 Å². The standard InChI is InChI=1S/C14H20BrClN2/c1-2-18-6-5-11(10-18)8-17-9-12-7-13(16)3-4-14(12)15/h3-4,7,11,17H,2,5-6,8-10H2,1H3. The number of nitrogens with one attached hydrogen (secondary N) is 1. The molecular formula is C14H20BrClN2. The van der Waals surface area contributed by atoms with Crippen LogP contribution in [0.1, 0.15) is 18.9 Å². The summed E-state index contributed by atoms with van der Waals surface area (Å²) < 4.78 is 1.13. The molecule has 1 aliphatic rings. The molecule has 18 heavy (non-hydrogen) atoms. The minimum Gasteiger partial charge on any atom is -0.312 e. The molecule has 0 radical (unpaired) electrons. The van der Waals surface area contributed by atoms with Gasteiger partial charge in [0.15, 0.2) is 0 Å². The summed E-state index contributed by atoms with van der Waals surface area (Å²) in [7, 11) is 0. The van der Waals surface area contributed by atoms with Gasteiger partial charge in [-0.25, -0.2) is 0 Å². The number of nitrogens with zero attached hydrogens (tertiary/aromatic N) is 1. The molecule has 1 unspecified atom stereocenters. The highest BCUT2D eigenvalue weighted by molar-refractivity contribution is 9.10. The van der Waals surface area contributed by atoms with E-state index >= 15 is 0 Å². The van der Waals surface area contributed by atoms with E-state index in [0.717, 1.165) is 28.5 Å². The molecule has 1 N–H and O–H groups in total. The molecular weight excluding hydrogens is 312 g/mol. The fourth-order valence-corrected chi connectivity index (χ4v) is 3.04. The number of hydrogen-bond acceptors (Lipinski definition) is 2. The van der Waals surface area contributed by atoms with Crippen molar-refractivity contribution in [2.75, 3.05) is 26.2 Å². The summed E-state index contributed by atoms with van der Waals surface area (Å²) in [6.07, 6.45) is 1.32. The molecule has 2 nitrogen and oxygen atoms in total. The minimum absolute atomic E-state index is 0.794. The van der Waals surface area contributed by atoms with Gasteiger partial charge in [-0.2, -0.15) is 0 Å². The monoisotopic (exact) mass is 330 g/mol. The van der Waals surface area contributed by atoms with E-state index in [1.165, 1.54) is 31.6 Å². The molecule has 2 rings (SSSR count). The van der Waals surface area contributed by atoms with Crippen LogP contribution in [0.2, 0.25) is 5.02 Å². The van der Waals surface area contributed by atoms with Crippen LogP contribution in [0.25, 0.3) is 0 Å². The molecule has 1 aromatic rings. The molecule has 0 bridgehead atoms. The molecule has 1 aromatic carbocycles. The van der Waals surface area contributed by atoms with Crippen LogP contribution in [-0.4, -0.2) is 31.1 Å². The molecule has 0 saturated carbocycles. The molecule has 100 valence electrons. The van der Waals surface area contributed by atoms with E-state index in [1.807, 2.05) is 18.2 Å². The predicted molar refractivity (Wildman–Crippen MR) is 81.1 cm³/mol. The molecule has 1 heterocycles. The third kappa shape index (κ3) is 3.95. The van der Waals surface area contributed by atoms with Crippen LogP contribution in [0.5, 0.6) is 0 Å². The Morgan fingerprint density at radius 1 is 1.50 bits per heavy atom. The van der Waals surface area contributed by atoms with E-state index in [0.29, 0.717) is 0 Å². The summed E-state index contributed by atoms with van der Waals surface area (Å²) in [6.45, 7) is 7.87. The van der Waals surface area contributed by atoms with Gasteiger partial charge in [0, 0.05) is 22.6 Å². The van der Waals surface area contributed by atoms with Crippen LogP contribution < -0.4 is 5.32 Å². The van der Waals surface area contributed by atoms with Crippen molar-refractivity contribution < 1.29 is 0 Å². The van der Waals surface area contributed by atoms with Crippen molar-refractivity contribution >= 4 is 27.5 Å². The summed E-state index contributed by atoms with van der Waals surface area (Å²) in [6, 6.07) is 5.94. The Morgan fingerprint density at radius 2 is 2.33 bits per heavy atom. The number of rotatable bonds is 5. The molecule has 4 heteroatoms. The SMILES string of the molecule is CCN1CCC(CNCc2cc(Cl)ccc2Br)C1. The lowest BCUT2D eigenvalue weighted by Crippen LogP contribution is -2.26. The molecule has 1 saturated heterocycles. The van der Waals surface area contributed by atoms with Crippen molar-refractivity contribution in [1.29, 1.82) is 0 Å². The molecule has 0 aliphatic carbocycles. The first-order valence-electron chi connectivity index (χ1n) is 6.56. The Balaban J connectivity index is 1.77. The average Bonchev–Trinajstić information content (AvgIpc) is 2.81. The van der Waals surface area contributed by atoms with Crippen LogP contribution in [0.4, 0.5) is 0 Å². The van der Waals surface area contributed by atoms with Gasteiger partial charge in [-0.05, 0) is 55.7 Å². The third-order valence-electron chi connectivity index (χ3n) is 3.57. The lowest BCUT2D eigenvalue weighted by molar-refractivity contribution is 0.339. The summed E-state index contributed by atoms with van der Waals surface area (Å²) in [5.41, 5.74) is 1.23. The Hall–Kier alpha value is -0.0900. The Labute approximate surface area is 123 Å². The van der Waals surface area contributed by atoms with Crippen LogP contribution in [0.3, 0.4) is 0 Å². The zero-order chi connectivity index (χ0) is 13.0. The number of halogens is 2. The van der Waals surface area contributed by atoms with Crippen molar-refractivity contribution in [2.24, 2.45) is 5.92 Å². The number of benzene rings is 1. The first-order chi connectivity index (χ1) is 8.69. The van der Waals surface area contributed by atoms with Crippen molar-refractivity contribution in [1.82, 2.24) is 10.2 Å². The largest absolute Gasteiger partial charge is 0.312 e. The highest BCUT2D eigenvalue weighted by Gasteiger charge is 2.20. The maximum Gasteiger partial charge on any atom is 0.0410 e. The van der Waals surface area contributed by atoms with Crippen LogP contribution >= 0.6 is 27.5 Å². The van der Waals surface area contributed by atoms with Crippen molar-refractivity contribution in [3.63, 3.8) is 0 Å². The van der Waals surface area contributed by atoms with E-state index < -0.39 is 0 Å². The topological polar surface area (TPSA) is 15.3 Å². The molecule has 1 aliphatic heterocycles. The van der Waals surface area contributed by atoms with Gasteiger partial charge in [0.2, 0.25) is 0 Å². The Bertz CT molecular complexity index is 397. The summed E-state index contributed by atoms with van der Waals surface area (Å²) in [4.78, 5) is 2.52. The second-order valence-corrected chi connectivity index (χ2v) is 6.21. The molecule has 0 aromatic heterocycles. The highest BCUT2D eigenvalue weighted by atomic mass is 79.9. The first kappa shape index (κ1) is 14.3. The van der Waals surface area contributed by atoms with Gasteiger partial charge in [-0.1, -0.05) is 34.5 Å². The smallest absolute Gasteiger partial charge is 0.0410 e. The Kier molecular flexibility index (Phi) is 5.49. The first-order valence-corrected chi connectivity index (χ1v) is 7.73. The molecule has 0 amide bonds. The summed E-state index contributed by atoms with van der Waals surface area (Å²) >= 11 is 9.56. The van der Waals surface area contributed by atoms with E-state index in [4.69, 9.17) is 11.6 Å². The summed E-state index contributed by atoms with van der Waals surface area (Å²) in [5.74, 6) is 0.794. The third-order valence-corrected chi connectivity index (χ3v) is 4.58. The van der Waals surface area contributed by atoms with Crippen molar-refractivity contribution in [3.05, 3.63) is 33.3 Å². The zero-order valence-corrected chi connectivity index (χ0v) is 13.1. The van der Waals surface area contributed by atoms with Crippen molar-refractivity contribution in [2.45, 2.75) is 19.9 Å². The van der Waals surface area contributed by atoms with Crippen LogP contribution in [0.15, 0.2) is 22.7 Å². The van der Waals surface area contributed by atoms with Gasteiger partial charge >= 0.3 is 0 Å². The zero-order valence-electron chi connectivity index (χ0n) is 10.8. The minimum atomic E-state index is 0.794. The fraction of sp³-hybridized carbons (Fsp3) is 0.571. The van der Waals surface area contributed by atoms with Gasteiger partial charge in [-0.3, -0.25) is 0 Å². The van der Waals surface area contributed by atoms with Gasteiger partial charge < -0.3 is 10.2 Å². The van der Waals surface area contributed by atoms with E-state index in [9.17, 15) is 0 Å². The highest BCUT2D eigenvalue weighted by Crippen LogP contribution is 2.21. The number of hydrogen-bond donors (Lipinski definition) is 1. The molecule has 1 fully saturated rings. The quantitative estimate of drug-likeness (QED) is 0.888.